The summed E-state index contributed by atoms with van der Waals surface area (Å²) in [4.78, 5) is 11.8. The third-order valence-corrected chi connectivity index (χ3v) is 3.00. The highest BCUT2D eigenvalue weighted by Crippen LogP contribution is 2.26. The fourth-order valence-corrected chi connectivity index (χ4v) is 2.04. The molecule has 0 spiro atoms. The van der Waals surface area contributed by atoms with Crippen molar-refractivity contribution < 1.29 is 13.9 Å². The van der Waals surface area contributed by atoms with E-state index in [4.69, 9.17) is 4.74 Å². The molecule has 0 radical (unpaired) electrons. The third kappa shape index (κ3) is 2.76. The summed E-state index contributed by atoms with van der Waals surface area (Å²) < 4.78 is 19.2. The van der Waals surface area contributed by atoms with Crippen molar-refractivity contribution in [1.82, 2.24) is 0 Å². The van der Waals surface area contributed by atoms with Crippen molar-refractivity contribution in [1.29, 1.82) is 0 Å². The van der Waals surface area contributed by atoms with Gasteiger partial charge in [0.15, 0.2) is 0 Å². The maximum absolute atomic E-state index is 13.4. The van der Waals surface area contributed by atoms with Crippen molar-refractivity contribution in [3.63, 3.8) is 0 Å². The largest absolute Gasteiger partial charge is 0.422 e. The lowest BCUT2D eigenvalue weighted by Gasteiger charge is -2.07. The van der Waals surface area contributed by atoms with Crippen molar-refractivity contribution in [3.05, 3.63) is 63.9 Å². The van der Waals surface area contributed by atoms with Gasteiger partial charge < -0.3 is 4.74 Å². The Kier molecular flexibility index (Phi) is 3.77. The minimum absolute atomic E-state index is 0.0787. The molecule has 2 rings (SSSR count). The van der Waals surface area contributed by atoms with E-state index in [0.29, 0.717) is 10.2 Å². The number of hydrogen-bond donors (Lipinski definition) is 0. The van der Waals surface area contributed by atoms with E-state index < -0.39 is 11.8 Å². The second-order valence-electron chi connectivity index (χ2n) is 3.80. The van der Waals surface area contributed by atoms with E-state index in [9.17, 15) is 9.18 Å². The van der Waals surface area contributed by atoms with Crippen LogP contribution in [-0.4, -0.2) is 5.97 Å². The highest BCUT2D eigenvalue weighted by Gasteiger charge is 2.14. The highest BCUT2D eigenvalue weighted by molar-refractivity contribution is 9.10. The zero-order valence-corrected chi connectivity index (χ0v) is 11.2. The molecule has 0 aliphatic heterocycles. The molecule has 4 heteroatoms. The number of benzene rings is 2. The molecule has 2 nitrogen and oxygen atoms in total. The fraction of sp³-hybridized carbons (Fsp3) is 0.0714. The number of halogens is 2. The predicted molar refractivity (Wildman–Crippen MR) is 70.2 cm³/mol. The molecule has 0 N–H and O–H groups in total. The van der Waals surface area contributed by atoms with Crippen LogP contribution in [0.15, 0.2) is 46.9 Å². The van der Waals surface area contributed by atoms with Gasteiger partial charge in [0.25, 0.3) is 0 Å². The van der Waals surface area contributed by atoms with Gasteiger partial charge in [-0.25, -0.2) is 9.18 Å². The molecule has 0 fully saturated rings. The monoisotopic (exact) mass is 308 g/mol. The molecule has 0 unspecified atom stereocenters. The number of esters is 1. The Labute approximate surface area is 113 Å². The van der Waals surface area contributed by atoms with Crippen molar-refractivity contribution >= 4 is 21.9 Å². The Morgan fingerprint density at radius 2 is 1.94 bits per heavy atom. The SMILES string of the molecule is Cc1ccc(OC(=O)c2ccccc2F)c(Br)c1. The third-order valence-electron chi connectivity index (χ3n) is 2.38. The fourth-order valence-electron chi connectivity index (χ4n) is 1.47. The van der Waals surface area contributed by atoms with Crippen LogP contribution in [0.4, 0.5) is 4.39 Å². The number of aryl methyl sites for hydroxylation is 1. The van der Waals surface area contributed by atoms with Crippen molar-refractivity contribution in [2.45, 2.75) is 6.92 Å². The van der Waals surface area contributed by atoms with E-state index in [2.05, 4.69) is 15.9 Å². The molecule has 0 amide bonds. The Bertz CT molecular complexity index is 596. The number of rotatable bonds is 2. The molecule has 0 saturated carbocycles. The molecule has 18 heavy (non-hydrogen) atoms. The van der Waals surface area contributed by atoms with Crippen LogP contribution < -0.4 is 4.74 Å². The van der Waals surface area contributed by atoms with E-state index in [1.165, 1.54) is 18.2 Å². The highest BCUT2D eigenvalue weighted by atomic mass is 79.9. The van der Waals surface area contributed by atoms with Gasteiger partial charge in [-0.3, -0.25) is 0 Å². The van der Waals surface area contributed by atoms with Crippen LogP contribution in [0.5, 0.6) is 5.75 Å². The first-order valence-electron chi connectivity index (χ1n) is 5.31. The molecule has 0 aliphatic carbocycles. The van der Waals surface area contributed by atoms with Gasteiger partial charge in [0, 0.05) is 0 Å². The van der Waals surface area contributed by atoms with Crippen LogP contribution in [0.3, 0.4) is 0 Å². The minimum atomic E-state index is -0.711. The number of carbonyl (C=O) groups excluding carboxylic acids is 1. The van der Waals surface area contributed by atoms with Gasteiger partial charge in [-0.05, 0) is 52.7 Å². The topological polar surface area (TPSA) is 26.3 Å². The normalized spacial score (nSPS) is 10.2. The molecule has 0 heterocycles. The molecule has 0 atom stereocenters. The molecule has 0 bridgehead atoms. The van der Waals surface area contributed by atoms with Crippen LogP contribution >= 0.6 is 15.9 Å². The summed E-state index contributed by atoms with van der Waals surface area (Å²) in [6.07, 6.45) is 0. The average molecular weight is 309 g/mol. The lowest BCUT2D eigenvalue weighted by atomic mass is 10.2. The van der Waals surface area contributed by atoms with Gasteiger partial charge in [0.2, 0.25) is 0 Å². The first-order valence-corrected chi connectivity index (χ1v) is 6.10. The van der Waals surface area contributed by atoms with E-state index >= 15 is 0 Å². The smallest absolute Gasteiger partial charge is 0.346 e. The maximum Gasteiger partial charge on any atom is 0.346 e. The van der Waals surface area contributed by atoms with Crippen LogP contribution in [0.2, 0.25) is 0 Å². The zero-order chi connectivity index (χ0) is 13.1. The number of ether oxygens (including phenoxy) is 1. The van der Waals surface area contributed by atoms with Crippen molar-refractivity contribution in [2.75, 3.05) is 0 Å². The maximum atomic E-state index is 13.4. The molecule has 2 aromatic rings. The molecular weight excluding hydrogens is 299 g/mol. The number of carbonyl (C=O) groups is 1. The summed E-state index contributed by atoms with van der Waals surface area (Å²) in [5.41, 5.74) is 0.956. The van der Waals surface area contributed by atoms with Gasteiger partial charge in [-0.15, -0.1) is 0 Å². The summed E-state index contributed by atoms with van der Waals surface area (Å²) in [6.45, 7) is 1.92. The first-order chi connectivity index (χ1) is 8.58. The first kappa shape index (κ1) is 12.8. The summed E-state index contributed by atoms with van der Waals surface area (Å²) in [7, 11) is 0. The predicted octanol–water partition coefficient (Wildman–Crippen LogP) is 4.12. The van der Waals surface area contributed by atoms with E-state index in [1.54, 1.807) is 12.1 Å². The number of hydrogen-bond acceptors (Lipinski definition) is 2. The van der Waals surface area contributed by atoms with E-state index in [-0.39, 0.29) is 5.56 Å². The van der Waals surface area contributed by atoms with Crippen LogP contribution in [-0.2, 0) is 0 Å². The molecule has 0 saturated heterocycles. The molecule has 0 aromatic heterocycles. The van der Waals surface area contributed by atoms with Crippen molar-refractivity contribution in [3.8, 4) is 5.75 Å². The molecular formula is C14H10BrFO2. The Morgan fingerprint density at radius 3 is 2.61 bits per heavy atom. The van der Waals surface area contributed by atoms with Crippen LogP contribution in [0.1, 0.15) is 15.9 Å². The lowest BCUT2D eigenvalue weighted by molar-refractivity contribution is 0.0728. The second-order valence-corrected chi connectivity index (χ2v) is 4.66. The van der Waals surface area contributed by atoms with Crippen molar-refractivity contribution in [2.24, 2.45) is 0 Å². The van der Waals surface area contributed by atoms with E-state index in [1.807, 2.05) is 19.1 Å². The van der Waals surface area contributed by atoms with Gasteiger partial charge >= 0.3 is 5.97 Å². The Hall–Kier alpha value is -1.68. The molecule has 0 aliphatic rings. The lowest BCUT2D eigenvalue weighted by Crippen LogP contribution is -2.10. The zero-order valence-electron chi connectivity index (χ0n) is 9.61. The average Bonchev–Trinajstić information content (AvgIpc) is 2.33. The van der Waals surface area contributed by atoms with Gasteiger partial charge in [-0.2, -0.15) is 0 Å². The van der Waals surface area contributed by atoms with Gasteiger partial charge in [0.1, 0.15) is 11.6 Å². The van der Waals surface area contributed by atoms with Gasteiger partial charge in [0.05, 0.1) is 10.0 Å². The summed E-state index contributed by atoms with van der Waals surface area (Å²) >= 11 is 3.30. The Balaban J connectivity index is 2.24. The minimum Gasteiger partial charge on any atom is -0.422 e. The molecule has 92 valence electrons. The molecule has 2 aromatic carbocycles. The van der Waals surface area contributed by atoms with Gasteiger partial charge in [-0.1, -0.05) is 18.2 Å². The quantitative estimate of drug-likeness (QED) is 0.616. The standard InChI is InChI=1S/C14H10BrFO2/c1-9-6-7-13(11(15)8-9)18-14(17)10-4-2-3-5-12(10)16/h2-8H,1H3. The Morgan fingerprint density at radius 1 is 1.22 bits per heavy atom. The van der Waals surface area contributed by atoms with E-state index in [0.717, 1.165) is 5.56 Å². The summed E-state index contributed by atoms with van der Waals surface area (Å²) in [6, 6.07) is 11.0. The second kappa shape index (κ2) is 5.31. The summed E-state index contributed by atoms with van der Waals surface area (Å²) in [5.74, 6) is -0.933. The van der Waals surface area contributed by atoms with Crippen LogP contribution in [0, 0.1) is 12.7 Å². The summed E-state index contributed by atoms with van der Waals surface area (Å²) in [5, 5.41) is 0. The van der Waals surface area contributed by atoms with Crippen LogP contribution in [0.25, 0.3) is 0 Å².